The first-order valence-electron chi connectivity index (χ1n) is 6.24. The fourth-order valence-corrected chi connectivity index (χ4v) is 2.58. The molecule has 0 aromatic carbocycles. The van der Waals surface area contributed by atoms with E-state index in [9.17, 15) is 9.59 Å². The molecule has 3 N–H and O–H groups in total. The number of aryl methyl sites for hydroxylation is 1. The predicted octanol–water partition coefficient (Wildman–Crippen LogP) is 3.23. The van der Waals surface area contributed by atoms with Crippen LogP contribution in [0.3, 0.4) is 0 Å². The van der Waals surface area contributed by atoms with Crippen molar-refractivity contribution in [3.8, 4) is 0 Å². The van der Waals surface area contributed by atoms with Crippen LogP contribution < -0.4 is 10.6 Å². The molecule has 106 valence electrons. The molecule has 2 amide bonds. The Bertz CT molecular complexity index is 482. The third kappa shape index (κ3) is 3.96. The minimum absolute atomic E-state index is 0.182. The average Bonchev–Trinajstić information content (AvgIpc) is 2.61. The van der Waals surface area contributed by atoms with E-state index in [4.69, 9.17) is 5.11 Å². The Balaban J connectivity index is 2.74. The lowest BCUT2D eigenvalue weighted by atomic mass is 10.1. The zero-order chi connectivity index (χ0) is 14.6. The zero-order valence-corrected chi connectivity index (χ0v) is 12.5. The molecule has 0 bridgehead atoms. The van der Waals surface area contributed by atoms with Crippen LogP contribution >= 0.6 is 11.3 Å². The molecule has 1 aromatic rings. The molecule has 6 heteroatoms. The summed E-state index contributed by atoms with van der Waals surface area (Å²) in [6, 6.07) is -0.357. The molecular weight excluding hydrogens is 264 g/mol. The molecule has 0 saturated carbocycles. The summed E-state index contributed by atoms with van der Waals surface area (Å²) in [4.78, 5) is 23.8. The van der Waals surface area contributed by atoms with Gasteiger partial charge in [0.25, 0.3) is 0 Å². The van der Waals surface area contributed by atoms with Gasteiger partial charge < -0.3 is 10.4 Å². The van der Waals surface area contributed by atoms with E-state index in [-0.39, 0.29) is 11.6 Å². The first-order chi connectivity index (χ1) is 8.86. The lowest BCUT2D eigenvalue weighted by Crippen LogP contribution is -2.32. The highest BCUT2D eigenvalue weighted by Crippen LogP contribution is 2.32. The van der Waals surface area contributed by atoms with Gasteiger partial charge in [0.1, 0.15) is 5.00 Å². The normalized spacial score (nSPS) is 12.0. The highest BCUT2D eigenvalue weighted by molar-refractivity contribution is 7.16. The van der Waals surface area contributed by atoms with E-state index in [2.05, 4.69) is 17.6 Å². The van der Waals surface area contributed by atoms with Gasteiger partial charge in [0.2, 0.25) is 0 Å². The molecule has 0 aliphatic heterocycles. The van der Waals surface area contributed by atoms with Gasteiger partial charge in [-0.05, 0) is 25.3 Å². The van der Waals surface area contributed by atoms with Gasteiger partial charge in [-0.1, -0.05) is 20.3 Å². The third-order valence-corrected chi connectivity index (χ3v) is 4.26. The smallest absolute Gasteiger partial charge is 0.338 e. The number of rotatable bonds is 5. The third-order valence-electron chi connectivity index (χ3n) is 3.13. The number of hydrogen-bond donors (Lipinski definition) is 3. The first kappa shape index (κ1) is 15.5. The quantitative estimate of drug-likeness (QED) is 0.776. The fourth-order valence-electron chi connectivity index (χ4n) is 1.53. The Kier molecular flexibility index (Phi) is 5.35. The summed E-state index contributed by atoms with van der Waals surface area (Å²) < 4.78 is 0. The number of thiophene rings is 1. The number of carbonyl (C=O) groups excluding carboxylic acids is 1. The molecule has 1 rings (SSSR count). The number of anilines is 1. The maximum absolute atomic E-state index is 11.7. The Morgan fingerprint density at radius 2 is 2.00 bits per heavy atom. The van der Waals surface area contributed by atoms with Crippen LogP contribution in [0.15, 0.2) is 0 Å². The van der Waals surface area contributed by atoms with Crippen molar-refractivity contribution in [3.05, 3.63) is 16.0 Å². The molecule has 1 aromatic heterocycles. The van der Waals surface area contributed by atoms with Crippen LogP contribution in [-0.4, -0.2) is 23.7 Å². The van der Waals surface area contributed by atoms with Gasteiger partial charge in [-0.15, -0.1) is 11.3 Å². The highest BCUT2D eigenvalue weighted by Gasteiger charge is 2.20. The van der Waals surface area contributed by atoms with Crippen LogP contribution in [0.4, 0.5) is 9.80 Å². The van der Waals surface area contributed by atoms with Gasteiger partial charge in [0.15, 0.2) is 0 Å². The average molecular weight is 284 g/mol. The maximum atomic E-state index is 11.7. The molecule has 1 unspecified atom stereocenters. The van der Waals surface area contributed by atoms with Crippen molar-refractivity contribution in [1.82, 2.24) is 5.32 Å². The van der Waals surface area contributed by atoms with Crippen molar-refractivity contribution in [2.45, 2.75) is 34.1 Å². The van der Waals surface area contributed by atoms with Crippen LogP contribution in [0, 0.1) is 19.8 Å². The number of aromatic carboxylic acids is 1. The van der Waals surface area contributed by atoms with E-state index in [1.807, 2.05) is 13.8 Å². The Morgan fingerprint density at radius 3 is 2.53 bits per heavy atom. The number of nitrogens with one attached hydrogen (secondary N) is 2. The van der Waals surface area contributed by atoms with Crippen LogP contribution in [0.25, 0.3) is 0 Å². The van der Waals surface area contributed by atoms with E-state index in [0.29, 0.717) is 23.0 Å². The van der Waals surface area contributed by atoms with E-state index in [1.165, 1.54) is 11.3 Å². The molecule has 0 aliphatic rings. The van der Waals surface area contributed by atoms with Crippen LogP contribution in [0.1, 0.15) is 41.1 Å². The van der Waals surface area contributed by atoms with E-state index in [0.717, 1.165) is 11.3 Å². The largest absolute Gasteiger partial charge is 0.478 e. The molecule has 0 radical (unpaired) electrons. The highest BCUT2D eigenvalue weighted by atomic mass is 32.1. The molecule has 0 spiro atoms. The van der Waals surface area contributed by atoms with Crippen molar-refractivity contribution in [3.63, 3.8) is 0 Å². The maximum Gasteiger partial charge on any atom is 0.338 e. The second-order valence-corrected chi connectivity index (χ2v) is 5.87. The lowest BCUT2D eigenvalue weighted by molar-refractivity contribution is 0.0697. The second kappa shape index (κ2) is 6.56. The van der Waals surface area contributed by atoms with Gasteiger partial charge in [-0.2, -0.15) is 0 Å². The van der Waals surface area contributed by atoms with Crippen LogP contribution in [0.2, 0.25) is 0 Å². The first-order valence-corrected chi connectivity index (χ1v) is 7.06. The van der Waals surface area contributed by atoms with Crippen molar-refractivity contribution in [2.24, 2.45) is 5.92 Å². The van der Waals surface area contributed by atoms with E-state index >= 15 is 0 Å². The van der Waals surface area contributed by atoms with Gasteiger partial charge in [-0.3, -0.25) is 5.32 Å². The van der Waals surface area contributed by atoms with Crippen molar-refractivity contribution < 1.29 is 14.7 Å². The predicted molar refractivity (Wildman–Crippen MR) is 77.2 cm³/mol. The SMILES string of the molecule is CCC(C)CNC(=O)Nc1sc(C)c(C)c1C(=O)O. The molecule has 0 saturated heterocycles. The summed E-state index contributed by atoms with van der Waals surface area (Å²) in [6.45, 7) is 8.27. The Morgan fingerprint density at radius 1 is 1.37 bits per heavy atom. The number of carbonyl (C=O) groups is 2. The van der Waals surface area contributed by atoms with Gasteiger partial charge in [-0.25, -0.2) is 9.59 Å². The summed E-state index contributed by atoms with van der Waals surface area (Å²) in [5.74, 6) is -0.615. The summed E-state index contributed by atoms with van der Waals surface area (Å²) in [7, 11) is 0. The number of carboxylic acids is 1. The summed E-state index contributed by atoms with van der Waals surface area (Å²) >= 11 is 1.28. The number of carboxylic acid groups (broad SMARTS) is 1. The zero-order valence-electron chi connectivity index (χ0n) is 11.7. The van der Waals surface area contributed by atoms with Gasteiger partial charge in [0.05, 0.1) is 5.56 Å². The van der Waals surface area contributed by atoms with Crippen molar-refractivity contribution in [1.29, 1.82) is 0 Å². The molecule has 0 aliphatic carbocycles. The van der Waals surface area contributed by atoms with E-state index in [1.54, 1.807) is 6.92 Å². The number of amides is 2. The topological polar surface area (TPSA) is 78.4 Å². The summed E-state index contributed by atoms with van der Waals surface area (Å²) in [5, 5.41) is 14.9. The molecule has 1 atom stereocenters. The monoisotopic (exact) mass is 284 g/mol. The standard InChI is InChI=1S/C13H20N2O3S/c1-5-7(2)6-14-13(18)15-11-10(12(16)17)8(3)9(4)19-11/h7H,5-6H2,1-4H3,(H,16,17)(H2,14,15,18). The fraction of sp³-hybridized carbons (Fsp3) is 0.538. The molecular formula is C13H20N2O3S. The van der Waals surface area contributed by atoms with Crippen LogP contribution in [-0.2, 0) is 0 Å². The van der Waals surface area contributed by atoms with Crippen molar-refractivity contribution >= 4 is 28.3 Å². The Labute approximate surface area is 117 Å². The molecule has 1 heterocycles. The number of hydrogen-bond acceptors (Lipinski definition) is 3. The van der Waals surface area contributed by atoms with Crippen LogP contribution in [0.5, 0.6) is 0 Å². The van der Waals surface area contributed by atoms with Gasteiger partial charge >= 0.3 is 12.0 Å². The second-order valence-electron chi connectivity index (χ2n) is 4.64. The lowest BCUT2D eigenvalue weighted by Gasteiger charge is -2.10. The molecule has 5 nitrogen and oxygen atoms in total. The van der Waals surface area contributed by atoms with Crippen molar-refractivity contribution in [2.75, 3.05) is 11.9 Å². The Hall–Kier alpha value is -1.56. The van der Waals surface area contributed by atoms with E-state index < -0.39 is 5.97 Å². The molecule has 19 heavy (non-hydrogen) atoms. The summed E-state index contributed by atoms with van der Waals surface area (Å²) in [6.07, 6.45) is 0.984. The van der Waals surface area contributed by atoms with Gasteiger partial charge in [0, 0.05) is 11.4 Å². The number of urea groups is 1. The minimum atomic E-state index is -1.01. The summed E-state index contributed by atoms with van der Waals surface area (Å²) in [5.41, 5.74) is 0.885. The minimum Gasteiger partial charge on any atom is -0.478 e. The molecule has 0 fully saturated rings.